The van der Waals surface area contributed by atoms with Crippen LogP contribution in [0.3, 0.4) is 0 Å². The van der Waals surface area contributed by atoms with Crippen molar-refractivity contribution in [2.24, 2.45) is 10.9 Å². The lowest BCUT2D eigenvalue weighted by atomic mass is 10.1. The lowest BCUT2D eigenvalue weighted by Gasteiger charge is -2.15. The summed E-state index contributed by atoms with van der Waals surface area (Å²) in [5.41, 5.74) is 2.02. The summed E-state index contributed by atoms with van der Waals surface area (Å²) in [6.45, 7) is 5.40. The van der Waals surface area contributed by atoms with Gasteiger partial charge in [-0.1, -0.05) is 19.9 Å². The summed E-state index contributed by atoms with van der Waals surface area (Å²) < 4.78 is 13.4. The van der Waals surface area contributed by atoms with Crippen LogP contribution in [0.15, 0.2) is 23.2 Å². The van der Waals surface area contributed by atoms with Gasteiger partial charge in [0.2, 0.25) is 5.91 Å². The van der Waals surface area contributed by atoms with E-state index in [-0.39, 0.29) is 41.6 Å². The van der Waals surface area contributed by atoms with E-state index in [1.165, 1.54) is 6.07 Å². The maximum Gasteiger partial charge on any atom is 0.222 e. The number of benzene rings is 1. The van der Waals surface area contributed by atoms with Crippen LogP contribution in [0.25, 0.3) is 0 Å². The first-order valence-electron chi connectivity index (χ1n) is 7.96. The van der Waals surface area contributed by atoms with Crippen LogP contribution < -0.4 is 16.0 Å². The number of nitrogens with zero attached hydrogens (tertiary/aromatic N) is 1. The van der Waals surface area contributed by atoms with Crippen molar-refractivity contribution in [2.75, 3.05) is 26.4 Å². The van der Waals surface area contributed by atoms with Crippen molar-refractivity contribution in [3.05, 3.63) is 35.1 Å². The maximum absolute atomic E-state index is 13.4. The fourth-order valence-corrected chi connectivity index (χ4v) is 2.61. The van der Waals surface area contributed by atoms with Crippen LogP contribution in [0, 0.1) is 11.7 Å². The van der Waals surface area contributed by atoms with E-state index < -0.39 is 0 Å². The molecule has 0 unspecified atom stereocenters. The number of carbonyl (C=O) groups is 1. The van der Waals surface area contributed by atoms with Crippen molar-refractivity contribution in [1.29, 1.82) is 0 Å². The normalized spacial score (nSPS) is 11.0. The Morgan fingerprint density at radius 3 is 2.48 bits per heavy atom. The number of rotatable bonds is 8. The Morgan fingerprint density at radius 2 is 1.88 bits per heavy atom. The average molecular weight is 482 g/mol. The molecule has 142 valence electrons. The molecule has 0 spiro atoms. The highest BCUT2D eigenvalue weighted by atomic mass is 127. The van der Waals surface area contributed by atoms with Gasteiger partial charge in [0.15, 0.2) is 5.96 Å². The molecule has 0 radical (unpaired) electrons. The molecule has 0 saturated heterocycles. The predicted octanol–water partition coefficient (Wildman–Crippen LogP) is 2.74. The lowest BCUT2D eigenvalue weighted by Crippen LogP contribution is -2.41. The number of aliphatic imine (C=N–C) groups is 1. The summed E-state index contributed by atoms with van der Waals surface area (Å²) in [5.74, 6) is 1.21. The van der Waals surface area contributed by atoms with Crippen molar-refractivity contribution in [3.63, 3.8) is 0 Å². The first kappa shape index (κ1) is 24.0. The van der Waals surface area contributed by atoms with Crippen LogP contribution in [0.1, 0.15) is 25.0 Å². The molecule has 0 aliphatic heterocycles. The Hall–Kier alpha value is -1.03. The van der Waals surface area contributed by atoms with E-state index in [0.717, 1.165) is 16.9 Å². The topological polar surface area (TPSA) is 65.5 Å². The van der Waals surface area contributed by atoms with E-state index in [2.05, 4.69) is 20.9 Å². The van der Waals surface area contributed by atoms with E-state index in [1.807, 2.05) is 20.1 Å². The molecular weight excluding hydrogens is 454 g/mol. The number of halogens is 2. The zero-order valence-electron chi connectivity index (χ0n) is 15.2. The van der Waals surface area contributed by atoms with Gasteiger partial charge in [-0.15, -0.1) is 24.0 Å². The largest absolute Gasteiger partial charge is 0.355 e. The smallest absolute Gasteiger partial charge is 0.222 e. The molecule has 0 aliphatic carbocycles. The van der Waals surface area contributed by atoms with Crippen LogP contribution in [-0.4, -0.2) is 38.3 Å². The lowest BCUT2D eigenvalue weighted by molar-refractivity contribution is -0.123. The summed E-state index contributed by atoms with van der Waals surface area (Å²) in [5, 5.41) is 9.19. The van der Waals surface area contributed by atoms with Gasteiger partial charge >= 0.3 is 0 Å². The average Bonchev–Trinajstić information content (AvgIpc) is 2.55. The molecule has 0 aliphatic rings. The standard InChI is InChI=1S/C17H27FN4OS.HI/c1-12(2)16(23)20-7-8-21-17(19-3)22-10-13-5-6-15(18)9-14(13)11-24-4;/h5-6,9,12H,7-8,10-11H2,1-4H3,(H,20,23)(H2,19,21,22);1H. The van der Waals surface area contributed by atoms with Crippen LogP contribution in [0.2, 0.25) is 0 Å². The zero-order valence-corrected chi connectivity index (χ0v) is 18.3. The van der Waals surface area contributed by atoms with Crippen LogP contribution in [-0.2, 0) is 17.1 Å². The van der Waals surface area contributed by atoms with Crippen molar-refractivity contribution in [1.82, 2.24) is 16.0 Å². The Kier molecular flexibility index (Phi) is 12.7. The fraction of sp³-hybridized carbons (Fsp3) is 0.529. The highest BCUT2D eigenvalue weighted by molar-refractivity contribution is 14.0. The highest BCUT2D eigenvalue weighted by Crippen LogP contribution is 2.16. The quantitative estimate of drug-likeness (QED) is 0.231. The third kappa shape index (κ3) is 9.29. The molecule has 8 heteroatoms. The predicted molar refractivity (Wildman–Crippen MR) is 115 cm³/mol. The van der Waals surface area contributed by atoms with Crippen molar-refractivity contribution in [2.45, 2.75) is 26.1 Å². The second-order valence-corrected chi connectivity index (χ2v) is 6.51. The third-order valence-electron chi connectivity index (χ3n) is 3.38. The molecule has 1 aromatic carbocycles. The van der Waals surface area contributed by atoms with Crippen molar-refractivity contribution >= 4 is 47.6 Å². The fourth-order valence-electron chi connectivity index (χ4n) is 2.03. The van der Waals surface area contributed by atoms with Gasteiger partial charge < -0.3 is 16.0 Å². The Balaban J connectivity index is 0.00000576. The molecule has 0 aromatic heterocycles. The second kappa shape index (κ2) is 13.2. The highest BCUT2D eigenvalue weighted by Gasteiger charge is 2.07. The zero-order chi connectivity index (χ0) is 17.9. The second-order valence-electron chi connectivity index (χ2n) is 5.64. The number of carbonyl (C=O) groups excluding carboxylic acids is 1. The van der Waals surface area contributed by atoms with Crippen molar-refractivity contribution in [3.8, 4) is 0 Å². The minimum absolute atomic E-state index is 0. The van der Waals surface area contributed by atoms with E-state index >= 15 is 0 Å². The Bertz CT molecular complexity index is 570. The number of thioether (sulfide) groups is 1. The molecule has 1 aromatic rings. The molecule has 0 atom stereocenters. The van der Waals surface area contributed by atoms with Gasteiger partial charge in [-0.2, -0.15) is 11.8 Å². The van der Waals surface area contributed by atoms with Gasteiger partial charge in [-0.25, -0.2) is 4.39 Å². The van der Waals surface area contributed by atoms with Gasteiger partial charge in [0.05, 0.1) is 0 Å². The number of hydrogen-bond acceptors (Lipinski definition) is 3. The number of amides is 1. The molecule has 0 fully saturated rings. The first-order valence-corrected chi connectivity index (χ1v) is 9.35. The molecule has 3 N–H and O–H groups in total. The first-order chi connectivity index (χ1) is 11.5. The van der Waals surface area contributed by atoms with Gasteiger partial charge in [0.1, 0.15) is 5.82 Å². The third-order valence-corrected chi connectivity index (χ3v) is 3.98. The van der Waals surface area contributed by atoms with Crippen LogP contribution in [0.5, 0.6) is 0 Å². The number of hydrogen-bond donors (Lipinski definition) is 3. The Labute approximate surface area is 171 Å². The summed E-state index contributed by atoms with van der Waals surface area (Å²) >= 11 is 1.66. The van der Waals surface area contributed by atoms with Gasteiger partial charge in [0, 0.05) is 38.4 Å². The summed E-state index contributed by atoms with van der Waals surface area (Å²) in [6, 6.07) is 4.84. The minimum Gasteiger partial charge on any atom is -0.355 e. The molecule has 1 amide bonds. The molecule has 25 heavy (non-hydrogen) atoms. The molecule has 0 heterocycles. The SMILES string of the molecule is CN=C(NCCNC(=O)C(C)C)NCc1ccc(F)cc1CSC.I. The van der Waals surface area contributed by atoms with Crippen LogP contribution in [0.4, 0.5) is 4.39 Å². The summed E-state index contributed by atoms with van der Waals surface area (Å²) in [4.78, 5) is 15.6. The molecule has 5 nitrogen and oxygen atoms in total. The molecule has 0 saturated carbocycles. The Morgan fingerprint density at radius 1 is 1.20 bits per heavy atom. The van der Waals surface area contributed by atoms with E-state index in [1.54, 1.807) is 30.9 Å². The number of guanidine groups is 1. The monoisotopic (exact) mass is 482 g/mol. The summed E-state index contributed by atoms with van der Waals surface area (Å²) in [7, 11) is 1.69. The molecule has 0 bridgehead atoms. The van der Waals surface area contributed by atoms with E-state index in [4.69, 9.17) is 0 Å². The summed E-state index contributed by atoms with van der Waals surface area (Å²) in [6.07, 6.45) is 1.99. The van der Waals surface area contributed by atoms with Gasteiger partial charge in [-0.3, -0.25) is 9.79 Å². The van der Waals surface area contributed by atoms with E-state index in [0.29, 0.717) is 25.6 Å². The maximum atomic E-state index is 13.4. The molecular formula is C17H28FIN4OS. The van der Waals surface area contributed by atoms with Gasteiger partial charge in [0.25, 0.3) is 0 Å². The van der Waals surface area contributed by atoms with E-state index in [9.17, 15) is 9.18 Å². The minimum atomic E-state index is -0.216. The van der Waals surface area contributed by atoms with Crippen LogP contribution >= 0.6 is 35.7 Å². The van der Waals surface area contributed by atoms with Gasteiger partial charge in [-0.05, 0) is 29.5 Å². The molecule has 1 rings (SSSR count). The number of nitrogens with one attached hydrogen (secondary N) is 3. The van der Waals surface area contributed by atoms with Crippen molar-refractivity contribution < 1.29 is 9.18 Å².